The summed E-state index contributed by atoms with van der Waals surface area (Å²) in [7, 11) is 0. The lowest BCUT2D eigenvalue weighted by Crippen LogP contribution is -2.47. The Bertz CT molecular complexity index is 466. The molecule has 0 N–H and O–H groups in total. The summed E-state index contributed by atoms with van der Waals surface area (Å²) in [5, 5.41) is 0. The van der Waals surface area contributed by atoms with Crippen LogP contribution in [0.1, 0.15) is 32.8 Å². The van der Waals surface area contributed by atoms with Gasteiger partial charge in [0.25, 0.3) is 0 Å². The van der Waals surface area contributed by atoms with E-state index < -0.39 is 12.6 Å². The number of hydrogen-bond acceptors (Lipinski definition) is 2. The molecule has 0 atom stereocenters. The molecule has 2 rings (SSSR count). The zero-order chi connectivity index (χ0) is 16.4. The highest BCUT2D eigenvalue weighted by Crippen LogP contribution is 2.26. The van der Waals surface area contributed by atoms with Gasteiger partial charge in [-0.15, -0.1) is 0 Å². The molecule has 1 saturated heterocycles. The van der Waals surface area contributed by atoms with E-state index in [2.05, 4.69) is 49.9 Å². The average Bonchev–Trinajstić information content (AvgIpc) is 2.44. The lowest BCUT2D eigenvalue weighted by molar-refractivity contribution is -0.138. The Morgan fingerprint density at radius 1 is 0.909 bits per heavy atom. The van der Waals surface area contributed by atoms with Gasteiger partial charge in [0.15, 0.2) is 0 Å². The van der Waals surface area contributed by atoms with Gasteiger partial charge in [-0.3, -0.25) is 4.90 Å². The molecule has 1 aliphatic rings. The van der Waals surface area contributed by atoms with Crippen molar-refractivity contribution in [1.29, 1.82) is 0 Å². The highest BCUT2D eigenvalue weighted by Gasteiger charge is 2.28. The van der Waals surface area contributed by atoms with Crippen LogP contribution < -0.4 is 4.90 Å². The van der Waals surface area contributed by atoms with Crippen molar-refractivity contribution >= 4 is 5.69 Å². The molecule has 1 fully saturated rings. The smallest absolute Gasteiger partial charge is 0.369 e. The van der Waals surface area contributed by atoms with Crippen molar-refractivity contribution in [3.63, 3.8) is 0 Å². The Morgan fingerprint density at radius 3 is 1.91 bits per heavy atom. The first kappa shape index (κ1) is 17.1. The summed E-state index contributed by atoms with van der Waals surface area (Å²) < 4.78 is 36.7. The monoisotopic (exact) mass is 314 g/mol. The fourth-order valence-electron chi connectivity index (χ4n) is 2.69. The second kappa shape index (κ2) is 6.49. The van der Waals surface area contributed by atoms with Gasteiger partial charge >= 0.3 is 6.18 Å². The van der Waals surface area contributed by atoms with Crippen LogP contribution in [-0.4, -0.2) is 43.8 Å². The SMILES string of the molecule is CC(C)(C)c1ccc(N2CCN(CCC(F)(F)F)CC2)cc1. The molecule has 0 unspecified atom stereocenters. The van der Waals surface area contributed by atoms with E-state index in [9.17, 15) is 13.2 Å². The Kier molecular flexibility index (Phi) is 5.05. The third-order valence-corrected chi connectivity index (χ3v) is 4.18. The summed E-state index contributed by atoms with van der Waals surface area (Å²) >= 11 is 0. The molecular weight excluding hydrogens is 289 g/mol. The first-order chi connectivity index (χ1) is 10.1. The predicted molar refractivity (Wildman–Crippen MR) is 84.5 cm³/mol. The summed E-state index contributed by atoms with van der Waals surface area (Å²) in [4.78, 5) is 4.14. The fraction of sp³-hybridized carbons (Fsp3) is 0.647. The fourth-order valence-corrected chi connectivity index (χ4v) is 2.69. The van der Waals surface area contributed by atoms with Crippen molar-refractivity contribution in [2.75, 3.05) is 37.6 Å². The highest BCUT2D eigenvalue weighted by molar-refractivity contribution is 5.49. The lowest BCUT2D eigenvalue weighted by Gasteiger charge is -2.36. The van der Waals surface area contributed by atoms with Gasteiger partial charge < -0.3 is 4.90 Å². The summed E-state index contributed by atoms with van der Waals surface area (Å²) in [6, 6.07) is 8.52. The molecule has 0 bridgehead atoms. The molecule has 2 nitrogen and oxygen atoms in total. The molecule has 1 aromatic carbocycles. The van der Waals surface area contributed by atoms with Crippen molar-refractivity contribution in [2.45, 2.75) is 38.8 Å². The number of benzene rings is 1. The number of halogens is 3. The van der Waals surface area contributed by atoms with E-state index in [0.29, 0.717) is 13.1 Å². The third-order valence-electron chi connectivity index (χ3n) is 4.18. The summed E-state index contributed by atoms with van der Waals surface area (Å²) in [5.74, 6) is 0. The van der Waals surface area contributed by atoms with E-state index in [0.717, 1.165) is 18.8 Å². The minimum Gasteiger partial charge on any atom is -0.369 e. The number of nitrogens with zero attached hydrogens (tertiary/aromatic N) is 2. The van der Waals surface area contributed by atoms with Gasteiger partial charge in [-0.05, 0) is 23.1 Å². The van der Waals surface area contributed by atoms with E-state index in [4.69, 9.17) is 0 Å². The van der Waals surface area contributed by atoms with Crippen LogP contribution in [0.25, 0.3) is 0 Å². The Morgan fingerprint density at radius 2 is 1.45 bits per heavy atom. The topological polar surface area (TPSA) is 6.48 Å². The predicted octanol–water partition coefficient (Wildman–Crippen LogP) is 4.06. The van der Waals surface area contributed by atoms with Gasteiger partial charge in [0, 0.05) is 38.4 Å². The minimum absolute atomic E-state index is 0.111. The molecule has 0 aromatic heterocycles. The molecule has 0 spiro atoms. The standard InChI is InChI=1S/C17H25F3N2/c1-16(2,3)14-4-6-15(7-5-14)22-12-10-21(11-13-22)9-8-17(18,19)20/h4-7H,8-13H2,1-3H3. The van der Waals surface area contributed by atoms with Crippen LogP contribution in [0, 0.1) is 0 Å². The number of piperazine rings is 1. The van der Waals surface area contributed by atoms with Crippen LogP contribution in [0.15, 0.2) is 24.3 Å². The zero-order valence-electron chi connectivity index (χ0n) is 13.6. The molecule has 0 saturated carbocycles. The van der Waals surface area contributed by atoms with Gasteiger partial charge in [0.1, 0.15) is 0 Å². The number of rotatable bonds is 3. The van der Waals surface area contributed by atoms with Gasteiger partial charge in [0.2, 0.25) is 0 Å². The molecule has 0 aliphatic carbocycles. The molecule has 1 heterocycles. The highest BCUT2D eigenvalue weighted by atomic mass is 19.4. The quantitative estimate of drug-likeness (QED) is 0.830. The molecular formula is C17H25F3N2. The molecule has 22 heavy (non-hydrogen) atoms. The van der Waals surface area contributed by atoms with Gasteiger partial charge in [-0.1, -0.05) is 32.9 Å². The van der Waals surface area contributed by atoms with Crippen molar-refractivity contribution in [1.82, 2.24) is 4.90 Å². The van der Waals surface area contributed by atoms with Gasteiger partial charge in [0.05, 0.1) is 6.42 Å². The maximum Gasteiger partial charge on any atom is 0.390 e. The largest absolute Gasteiger partial charge is 0.390 e. The van der Waals surface area contributed by atoms with Crippen molar-refractivity contribution in [3.05, 3.63) is 29.8 Å². The minimum atomic E-state index is -4.06. The second-order valence-corrected chi connectivity index (χ2v) is 6.99. The maximum absolute atomic E-state index is 12.2. The van der Waals surface area contributed by atoms with Crippen molar-refractivity contribution < 1.29 is 13.2 Å². The van der Waals surface area contributed by atoms with Crippen LogP contribution in [-0.2, 0) is 5.41 Å². The van der Waals surface area contributed by atoms with Crippen LogP contribution in [0.3, 0.4) is 0 Å². The first-order valence-corrected chi connectivity index (χ1v) is 7.80. The summed E-state index contributed by atoms with van der Waals surface area (Å²) in [6.07, 6.45) is -4.77. The zero-order valence-corrected chi connectivity index (χ0v) is 13.6. The molecule has 124 valence electrons. The van der Waals surface area contributed by atoms with Crippen LogP contribution >= 0.6 is 0 Å². The van der Waals surface area contributed by atoms with Crippen molar-refractivity contribution in [2.24, 2.45) is 0 Å². The van der Waals surface area contributed by atoms with Gasteiger partial charge in [-0.2, -0.15) is 13.2 Å². The third kappa shape index (κ3) is 4.90. The Balaban J connectivity index is 1.86. The first-order valence-electron chi connectivity index (χ1n) is 7.80. The summed E-state index contributed by atoms with van der Waals surface area (Å²) in [6.45, 7) is 9.61. The number of hydrogen-bond donors (Lipinski definition) is 0. The molecule has 1 aromatic rings. The molecule has 0 amide bonds. The molecule has 5 heteroatoms. The van der Waals surface area contributed by atoms with E-state index in [1.54, 1.807) is 0 Å². The van der Waals surface area contributed by atoms with E-state index in [-0.39, 0.29) is 12.0 Å². The van der Waals surface area contributed by atoms with E-state index >= 15 is 0 Å². The van der Waals surface area contributed by atoms with Crippen LogP contribution in [0.4, 0.5) is 18.9 Å². The van der Waals surface area contributed by atoms with Crippen molar-refractivity contribution in [3.8, 4) is 0 Å². The molecule has 1 aliphatic heterocycles. The Labute approximate surface area is 130 Å². The van der Waals surface area contributed by atoms with Crippen LogP contribution in [0.2, 0.25) is 0 Å². The van der Waals surface area contributed by atoms with Gasteiger partial charge in [-0.25, -0.2) is 0 Å². The Hall–Kier alpha value is -1.23. The number of anilines is 1. The lowest BCUT2D eigenvalue weighted by atomic mass is 9.87. The van der Waals surface area contributed by atoms with Crippen LogP contribution in [0.5, 0.6) is 0 Å². The maximum atomic E-state index is 12.2. The second-order valence-electron chi connectivity index (χ2n) is 6.99. The summed E-state index contributed by atoms with van der Waals surface area (Å²) in [5.41, 5.74) is 2.58. The molecule has 0 radical (unpaired) electrons. The normalized spacial score (nSPS) is 17.8. The van der Waals surface area contributed by atoms with E-state index in [1.807, 2.05) is 4.90 Å². The number of alkyl halides is 3. The average molecular weight is 314 g/mol. The van der Waals surface area contributed by atoms with E-state index in [1.165, 1.54) is 5.56 Å².